The molecule has 0 fully saturated rings. The number of nitrogens with zero attached hydrogens (tertiary/aromatic N) is 2. The lowest BCUT2D eigenvalue weighted by Gasteiger charge is -2.16. The number of aromatic nitrogens is 3. The highest BCUT2D eigenvalue weighted by molar-refractivity contribution is 7.71. The zero-order valence-electron chi connectivity index (χ0n) is 12.5. The highest BCUT2D eigenvalue weighted by Gasteiger charge is 2.14. The average molecular weight is 289 g/mol. The highest BCUT2D eigenvalue weighted by Crippen LogP contribution is 2.24. The Balaban J connectivity index is 2.19. The highest BCUT2D eigenvalue weighted by atomic mass is 32.1. The molecule has 3 nitrogen and oxygen atoms in total. The van der Waals surface area contributed by atoms with Crippen molar-refractivity contribution >= 4 is 12.2 Å². The number of aromatic amines is 1. The van der Waals surface area contributed by atoms with Crippen molar-refractivity contribution in [2.45, 2.75) is 46.1 Å². The van der Waals surface area contributed by atoms with Gasteiger partial charge in [0, 0.05) is 11.6 Å². The molecule has 1 heterocycles. The molecule has 1 atom stereocenters. The second-order valence-corrected chi connectivity index (χ2v) is 6.15. The third-order valence-electron chi connectivity index (χ3n) is 3.58. The number of H-pyrrole nitrogens is 1. The number of nitrogens with one attached hydrogen (secondary N) is 1. The van der Waals surface area contributed by atoms with Crippen LogP contribution >= 0.6 is 12.2 Å². The molecule has 0 spiro atoms. The second kappa shape index (κ2) is 6.84. The molecule has 0 bridgehead atoms. The fraction of sp³-hybridized carbons (Fsp3) is 0.500. The lowest BCUT2D eigenvalue weighted by Crippen LogP contribution is -2.08. The largest absolute Gasteiger partial charge is 0.297 e. The van der Waals surface area contributed by atoms with E-state index in [1.165, 1.54) is 12.8 Å². The molecular formula is C16H23N3S. The predicted molar refractivity (Wildman–Crippen MR) is 86.2 cm³/mol. The molecule has 4 heteroatoms. The Bertz CT molecular complexity index is 583. The fourth-order valence-electron chi connectivity index (χ4n) is 2.46. The van der Waals surface area contributed by atoms with E-state index >= 15 is 0 Å². The van der Waals surface area contributed by atoms with E-state index < -0.39 is 0 Å². The summed E-state index contributed by atoms with van der Waals surface area (Å²) in [6.45, 7) is 6.76. The van der Waals surface area contributed by atoms with E-state index in [1.54, 1.807) is 0 Å². The van der Waals surface area contributed by atoms with Crippen molar-refractivity contribution in [2.24, 2.45) is 5.92 Å². The molecule has 0 saturated heterocycles. The van der Waals surface area contributed by atoms with Gasteiger partial charge in [-0.3, -0.25) is 9.67 Å². The Morgan fingerprint density at radius 3 is 2.50 bits per heavy atom. The summed E-state index contributed by atoms with van der Waals surface area (Å²) in [6.07, 6.45) is 3.61. The quantitative estimate of drug-likeness (QED) is 0.760. The molecule has 20 heavy (non-hydrogen) atoms. The summed E-state index contributed by atoms with van der Waals surface area (Å²) in [6, 6.07) is 10.6. The molecule has 108 valence electrons. The molecule has 2 rings (SSSR count). The molecule has 1 unspecified atom stereocenters. The summed E-state index contributed by atoms with van der Waals surface area (Å²) in [5.74, 6) is 1.70. The van der Waals surface area contributed by atoms with Crippen LogP contribution in [0.3, 0.4) is 0 Å². The zero-order chi connectivity index (χ0) is 14.5. The van der Waals surface area contributed by atoms with Gasteiger partial charge in [0.15, 0.2) is 10.6 Å². The minimum absolute atomic E-state index is 0.371. The lowest BCUT2D eigenvalue weighted by atomic mass is 10.0. The SMILES string of the molecule is CC(C)CCCC(C)n1c(-c2ccccc2)n[nH]c1=S. The van der Waals surface area contributed by atoms with Crippen molar-refractivity contribution in [3.63, 3.8) is 0 Å². The summed E-state index contributed by atoms with van der Waals surface area (Å²) in [4.78, 5) is 0. The first-order chi connectivity index (χ1) is 9.59. The van der Waals surface area contributed by atoms with Crippen LogP contribution in [0.15, 0.2) is 30.3 Å². The van der Waals surface area contributed by atoms with E-state index in [2.05, 4.69) is 47.7 Å². The summed E-state index contributed by atoms with van der Waals surface area (Å²) in [7, 11) is 0. The van der Waals surface area contributed by atoms with E-state index in [9.17, 15) is 0 Å². The van der Waals surface area contributed by atoms with Crippen molar-refractivity contribution in [3.05, 3.63) is 35.1 Å². The van der Waals surface area contributed by atoms with Crippen LogP contribution in [0.1, 0.15) is 46.1 Å². The van der Waals surface area contributed by atoms with Gasteiger partial charge in [-0.25, -0.2) is 0 Å². The van der Waals surface area contributed by atoms with E-state index in [0.29, 0.717) is 10.8 Å². The van der Waals surface area contributed by atoms with E-state index in [4.69, 9.17) is 12.2 Å². The van der Waals surface area contributed by atoms with E-state index in [-0.39, 0.29) is 0 Å². The molecule has 0 radical (unpaired) electrons. The molecule has 0 saturated carbocycles. The first-order valence-electron chi connectivity index (χ1n) is 7.32. The smallest absolute Gasteiger partial charge is 0.195 e. The molecule has 0 aliphatic heterocycles. The maximum Gasteiger partial charge on any atom is 0.195 e. The topological polar surface area (TPSA) is 33.6 Å². The van der Waals surface area contributed by atoms with Crippen LogP contribution in [0.5, 0.6) is 0 Å². The van der Waals surface area contributed by atoms with Crippen molar-refractivity contribution in [1.29, 1.82) is 0 Å². The summed E-state index contributed by atoms with van der Waals surface area (Å²) < 4.78 is 2.85. The molecule has 1 aromatic carbocycles. The van der Waals surface area contributed by atoms with Gasteiger partial charge in [0.1, 0.15) is 0 Å². The molecule has 1 N–H and O–H groups in total. The number of benzene rings is 1. The second-order valence-electron chi connectivity index (χ2n) is 5.76. The molecule has 0 amide bonds. The van der Waals surface area contributed by atoms with Crippen molar-refractivity contribution in [1.82, 2.24) is 14.8 Å². The normalized spacial score (nSPS) is 12.8. The average Bonchev–Trinajstić information content (AvgIpc) is 2.81. The van der Waals surface area contributed by atoms with Crippen molar-refractivity contribution in [3.8, 4) is 11.4 Å². The van der Waals surface area contributed by atoms with Crippen molar-refractivity contribution < 1.29 is 0 Å². The monoisotopic (exact) mass is 289 g/mol. The van der Waals surface area contributed by atoms with Crippen LogP contribution < -0.4 is 0 Å². The maximum absolute atomic E-state index is 5.40. The number of hydrogen-bond donors (Lipinski definition) is 1. The minimum Gasteiger partial charge on any atom is -0.297 e. The number of rotatable bonds is 6. The van der Waals surface area contributed by atoms with Crippen LogP contribution in [0, 0.1) is 10.7 Å². The van der Waals surface area contributed by atoms with Gasteiger partial charge in [0.25, 0.3) is 0 Å². The summed E-state index contributed by atoms with van der Waals surface area (Å²) in [5, 5.41) is 7.33. The molecule has 0 aliphatic rings. The Morgan fingerprint density at radius 2 is 1.85 bits per heavy atom. The minimum atomic E-state index is 0.371. The maximum atomic E-state index is 5.40. The number of hydrogen-bond acceptors (Lipinski definition) is 2. The lowest BCUT2D eigenvalue weighted by molar-refractivity contribution is 0.446. The Labute approximate surface area is 126 Å². The first kappa shape index (κ1) is 15.0. The van der Waals surface area contributed by atoms with Crippen LogP contribution in [0.4, 0.5) is 0 Å². The van der Waals surface area contributed by atoms with Gasteiger partial charge < -0.3 is 0 Å². The van der Waals surface area contributed by atoms with Crippen molar-refractivity contribution in [2.75, 3.05) is 0 Å². The Kier molecular flexibility index (Phi) is 5.12. The van der Waals surface area contributed by atoms with Crippen LogP contribution in [-0.4, -0.2) is 14.8 Å². The Morgan fingerprint density at radius 1 is 1.15 bits per heavy atom. The molecule has 0 aliphatic carbocycles. The molecule has 2 aromatic rings. The Hall–Kier alpha value is -1.42. The van der Waals surface area contributed by atoms with E-state index in [0.717, 1.165) is 23.7 Å². The van der Waals surface area contributed by atoms with E-state index in [1.807, 2.05) is 18.2 Å². The fourth-order valence-corrected chi connectivity index (χ4v) is 2.77. The van der Waals surface area contributed by atoms with Gasteiger partial charge in [-0.15, -0.1) is 0 Å². The van der Waals surface area contributed by atoms with Crippen LogP contribution in [-0.2, 0) is 0 Å². The van der Waals surface area contributed by atoms with Gasteiger partial charge in [0.05, 0.1) is 0 Å². The summed E-state index contributed by atoms with van der Waals surface area (Å²) in [5.41, 5.74) is 1.11. The standard InChI is InChI=1S/C16H23N3S/c1-12(2)8-7-9-13(3)19-15(17-18-16(19)20)14-10-5-4-6-11-14/h4-6,10-13H,7-9H2,1-3H3,(H,18,20). The molecule has 1 aromatic heterocycles. The van der Waals surface area contributed by atoms with Gasteiger partial charge in [-0.2, -0.15) is 5.10 Å². The summed E-state index contributed by atoms with van der Waals surface area (Å²) >= 11 is 5.40. The van der Waals surface area contributed by atoms with Gasteiger partial charge in [-0.1, -0.05) is 57.0 Å². The third-order valence-corrected chi connectivity index (χ3v) is 3.87. The third kappa shape index (κ3) is 3.57. The van der Waals surface area contributed by atoms with Gasteiger partial charge in [-0.05, 0) is 31.5 Å². The van der Waals surface area contributed by atoms with Crippen LogP contribution in [0.25, 0.3) is 11.4 Å². The predicted octanol–water partition coefficient (Wildman–Crippen LogP) is 4.99. The molecular weight excluding hydrogens is 266 g/mol. The zero-order valence-corrected chi connectivity index (χ0v) is 13.3. The van der Waals surface area contributed by atoms with Gasteiger partial charge >= 0.3 is 0 Å². The first-order valence-corrected chi connectivity index (χ1v) is 7.72. The van der Waals surface area contributed by atoms with Gasteiger partial charge in [0.2, 0.25) is 0 Å². The van der Waals surface area contributed by atoms with Crippen LogP contribution in [0.2, 0.25) is 0 Å².